The van der Waals surface area contributed by atoms with E-state index >= 15 is 0 Å². The van der Waals surface area contributed by atoms with Crippen molar-refractivity contribution in [2.24, 2.45) is 0 Å². The fraction of sp³-hybridized carbons (Fsp3) is 0.0164. The maximum Gasteiger partial charge on any atom is 0.155 e. The predicted molar refractivity (Wildman–Crippen MR) is 273 cm³/mol. The van der Waals surface area contributed by atoms with E-state index in [2.05, 4.69) is 248 Å². The lowest BCUT2D eigenvalue weighted by Gasteiger charge is -2.47. The number of anilines is 3. The molecule has 0 atom stereocenters. The molecule has 0 saturated heterocycles. The van der Waals surface area contributed by atoms with Crippen LogP contribution in [0.1, 0.15) is 22.3 Å². The Bertz CT molecular complexity index is 3540. The largest absolute Gasteiger partial charge is 0.456 e. The highest BCUT2D eigenvalue weighted by Gasteiger charge is 2.51. The van der Waals surface area contributed by atoms with Gasteiger partial charge in [0.05, 0.1) is 5.41 Å². The molecular weight excluding hydrogens is 823 g/mol. The minimum absolute atomic E-state index is 0.490. The Balaban J connectivity index is 0.963. The van der Waals surface area contributed by atoms with Gasteiger partial charge in [0.15, 0.2) is 8.80 Å². The van der Waals surface area contributed by atoms with Crippen LogP contribution in [0.3, 0.4) is 0 Å². The second kappa shape index (κ2) is 15.3. The minimum Gasteiger partial charge on any atom is -0.456 e. The summed E-state index contributed by atoms with van der Waals surface area (Å²) in [6.07, 6.45) is 0. The van der Waals surface area contributed by atoms with Crippen LogP contribution in [0.15, 0.2) is 257 Å². The Hall–Kier alpha value is -7.63. The molecule has 0 fully saturated rings. The van der Waals surface area contributed by atoms with Gasteiger partial charge in [0.1, 0.15) is 11.2 Å². The van der Waals surface area contributed by atoms with Gasteiger partial charge in [-0.3, -0.25) is 0 Å². The van der Waals surface area contributed by atoms with Crippen molar-refractivity contribution in [2.75, 3.05) is 4.90 Å². The molecule has 1 radical (unpaired) electrons. The first-order valence-electron chi connectivity index (χ1n) is 22.2. The van der Waals surface area contributed by atoms with Crippen molar-refractivity contribution in [1.29, 1.82) is 0 Å². The molecule has 2 nitrogen and oxygen atoms in total. The van der Waals surface area contributed by atoms with Crippen molar-refractivity contribution in [3.05, 3.63) is 265 Å². The summed E-state index contributed by atoms with van der Waals surface area (Å²) in [5.41, 5.74) is 14.6. The summed E-state index contributed by atoms with van der Waals surface area (Å²) in [7, 11) is -1.36. The normalized spacial score (nSPS) is 13.5. The van der Waals surface area contributed by atoms with Gasteiger partial charge in [-0.05, 0) is 122 Å². The van der Waals surface area contributed by atoms with Gasteiger partial charge in [0, 0.05) is 43.7 Å². The maximum atomic E-state index is 6.87. The number of para-hydroxylation sites is 1. The molecule has 4 heteroatoms. The number of hydrogen-bond donors (Lipinski definition) is 0. The summed E-state index contributed by atoms with van der Waals surface area (Å²) < 4.78 is 6.87. The highest BCUT2D eigenvalue weighted by atomic mass is 32.2. The Labute approximate surface area is 384 Å². The van der Waals surface area contributed by atoms with Crippen LogP contribution < -0.4 is 20.5 Å². The summed E-state index contributed by atoms with van der Waals surface area (Å²) in [6.45, 7) is 0. The van der Waals surface area contributed by atoms with Crippen molar-refractivity contribution < 1.29 is 4.42 Å². The van der Waals surface area contributed by atoms with E-state index in [1.54, 1.807) is 0 Å². The third-order valence-corrected chi connectivity index (χ3v) is 17.5. The first kappa shape index (κ1) is 37.9. The van der Waals surface area contributed by atoms with Crippen molar-refractivity contribution in [2.45, 2.75) is 15.2 Å². The van der Waals surface area contributed by atoms with Crippen molar-refractivity contribution in [1.82, 2.24) is 0 Å². The molecule has 0 N–H and O–H groups in total. The lowest BCUT2D eigenvalue weighted by molar-refractivity contribution is 0.669. The van der Waals surface area contributed by atoms with Gasteiger partial charge < -0.3 is 9.32 Å². The summed E-state index contributed by atoms with van der Waals surface area (Å²) in [5, 5.41) is 6.51. The van der Waals surface area contributed by atoms with Crippen LogP contribution in [-0.4, -0.2) is 8.80 Å². The number of benzene rings is 10. The lowest BCUT2D eigenvalue weighted by atomic mass is 9.64. The molecule has 0 bridgehead atoms. The summed E-state index contributed by atoms with van der Waals surface area (Å²) in [6, 6.07) is 89.4. The van der Waals surface area contributed by atoms with Crippen LogP contribution in [0, 0.1) is 0 Å². The van der Waals surface area contributed by atoms with E-state index in [9.17, 15) is 0 Å². The second-order valence-corrected chi connectivity index (χ2v) is 20.5. The number of furan rings is 1. The monoisotopic (exact) mass is 862 g/mol. The third-order valence-electron chi connectivity index (χ3n) is 13.5. The highest BCUT2D eigenvalue weighted by molar-refractivity contribution is 7.99. The second-order valence-electron chi connectivity index (χ2n) is 17.0. The molecule has 1 spiro atoms. The fourth-order valence-electron chi connectivity index (χ4n) is 10.6. The van der Waals surface area contributed by atoms with Crippen molar-refractivity contribution >= 4 is 75.1 Å². The van der Waals surface area contributed by atoms with E-state index in [-0.39, 0.29) is 0 Å². The SMILES string of the molecule is c1ccc(-c2ccc(N(c3ccccc3)c3ccc4c(c3)oc3cc(-c5ccc6c(c5)C5(c7ccccc7Sc7ccccc75)c5ccccc5[Si]6c5ccccc5)ccc34)cc2)cc1. The van der Waals surface area contributed by atoms with Gasteiger partial charge in [-0.1, -0.05) is 187 Å². The molecule has 11 aromatic rings. The maximum absolute atomic E-state index is 6.87. The zero-order valence-electron chi connectivity index (χ0n) is 35.4. The zero-order chi connectivity index (χ0) is 42.9. The van der Waals surface area contributed by atoms with E-state index in [1.807, 2.05) is 11.8 Å². The van der Waals surface area contributed by atoms with Gasteiger partial charge in [-0.25, -0.2) is 0 Å². The Kier molecular flexibility index (Phi) is 8.90. The standard InChI is InChI=1S/C61H40NOSSi/c1-4-16-41(17-5-1)42-28-32-46(33-29-42)62(45-18-6-2-7-19-45)47-34-36-50-49-35-30-44(39-55(49)63-56(50)40-47)43-31-37-60-54(38-43)61(51-22-10-13-25-57(51)64-58-26-14-11-23-52(58)61)53-24-12-15-27-59(53)65(60)48-20-8-3-9-21-48/h1-40H. The van der Waals surface area contributed by atoms with Crippen LogP contribution in [-0.2, 0) is 5.41 Å². The summed E-state index contributed by atoms with van der Waals surface area (Å²) >= 11 is 1.89. The number of hydrogen-bond acceptors (Lipinski definition) is 3. The van der Waals surface area contributed by atoms with Gasteiger partial charge in [0.25, 0.3) is 0 Å². The van der Waals surface area contributed by atoms with Crippen LogP contribution in [0.25, 0.3) is 44.2 Å². The van der Waals surface area contributed by atoms with Gasteiger partial charge in [-0.15, -0.1) is 0 Å². The van der Waals surface area contributed by atoms with Gasteiger partial charge in [-0.2, -0.15) is 0 Å². The highest BCUT2D eigenvalue weighted by Crippen LogP contribution is 2.56. The van der Waals surface area contributed by atoms with Crippen LogP contribution in [0.5, 0.6) is 0 Å². The van der Waals surface area contributed by atoms with Crippen molar-refractivity contribution in [3.8, 4) is 22.3 Å². The fourth-order valence-corrected chi connectivity index (χ4v) is 14.8. The first-order valence-corrected chi connectivity index (χ1v) is 24.6. The van der Waals surface area contributed by atoms with Gasteiger partial charge >= 0.3 is 0 Å². The quantitative estimate of drug-likeness (QED) is 0.155. The predicted octanol–water partition coefficient (Wildman–Crippen LogP) is 14.1. The lowest BCUT2D eigenvalue weighted by Crippen LogP contribution is -2.62. The Morgan fingerprint density at radius 3 is 1.57 bits per heavy atom. The van der Waals surface area contributed by atoms with E-state index in [4.69, 9.17) is 4.42 Å². The molecule has 2 aliphatic rings. The van der Waals surface area contributed by atoms with E-state index in [0.717, 1.165) is 44.6 Å². The Morgan fingerprint density at radius 1 is 0.354 bits per heavy atom. The minimum atomic E-state index is -1.36. The average molecular weight is 863 g/mol. The van der Waals surface area contributed by atoms with E-state index in [0.29, 0.717) is 0 Å². The molecule has 65 heavy (non-hydrogen) atoms. The number of rotatable bonds is 6. The molecule has 0 saturated carbocycles. The molecule has 13 rings (SSSR count). The third kappa shape index (κ3) is 6.02. The first-order chi connectivity index (χ1) is 32.2. The van der Waals surface area contributed by atoms with Crippen molar-refractivity contribution in [3.63, 3.8) is 0 Å². The number of nitrogens with zero attached hydrogens (tertiary/aromatic N) is 1. The molecule has 0 amide bonds. The molecule has 0 unspecified atom stereocenters. The molecule has 0 aliphatic carbocycles. The van der Waals surface area contributed by atoms with E-state index < -0.39 is 14.2 Å². The molecule has 10 aromatic carbocycles. The van der Waals surface area contributed by atoms with E-state index in [1.165, 1.54) is 64.3 Å². The number of fused-ring (bicyclic) bond motifs is 11. The average Bonchev–Trinajstić information content (AvgIpc) is 3.75. The van der Waals surface area contributed by atoms with Crippen LogP contribution in [0.2, 0.25) is 0 Å². The Morgan fingerprint density at radius 2 is 0.846 bits per heavy atom. The summed E-state index contributed by atoms with van der Waals surface area (Å²) in [4.78, 5) is 4.93. The molecule has 1 aromatic heterocycles. The zero-order valence-corrected chi connectivity index (χ0v) is 37.2. The van der Waals surface area contributed by atoms with Gasteiger partial charge in [0.2, 0.25) is 0 Å². The molecular formula is C61H40NOSSi. The molecule has 305 valence electrons. The topological polar surface area (TPSA) is 16.4 Å². The summed E-state index contributed by atoms with van der Waals surface area (Å²) in [5.74, 6) is 0. The molecule has 2 aliphatic heterocycles. The molecule has 3 heterocycles. The van der Waals surface area contributed by atoms with Crippen LogP contribution in [0.4, 0.5) is 17.1 Å². The smallest absolute Gasteiger partial charge is 0.155 e. The van der Waals surface area contributed by atoms with Crippen LogP contribution >= 0.6 is 11.8 Å².